The van der Waals surface area contributed by atoms with Gasteiger partial charge in [0.15, 0.2) is 23.4 Å². The summed E-state index contributed by atoms with van der Waals surface area (Å²) in [5.41, 5.74) is 0.793. The number of carboxylic acid groups (broad SMARTS) is 1. The van der Waals surface area contributed by atoms with Crippen LogP contribution in [0.15, 0.2) is 22.7 Å². The third kappa shape index (κ3) is 5.33. The molecule has 1 heterocycles. The van der Waals surface area contributed by atoms with Gasteiger partial charge in [-0.3, -0.25) is 0 Å². The predicted octanol–water partition coefficient (Wildman–Crippen LogP) is 0.311. The molecule has 0 saturated heterocycles. The molecule has 11 heteroatoms. The second kappa shape index (κ2) is 9.55. The van der Waals surface area contributed by atoms with E-state index in [0.717, 1.165) is 5.56 Å². The second-order valence-electron chi connectivity index (χ2n) is 5.82. The van der Waals surface area contributed by atoms with Crippen molar-refractivity contribution in [2.24, 2.45) is 0 Å². The molecule has 2 rings (SSSR count). The number of carbonyl (C=O) groups is 2. The number of aliphatic carboxylic acids is 1. The molecule has 2 atom stereocenters. The fourth-order valence-corrected chi connectivity index (χ4v) is 2.43. The van der Waals surface area contributed by atoms with Gasteiger partial charge in [0.05, 0.1) is 26.9 Å². The number of urea groups is 1. The number of aliphatic hydroxyl groups is 1. The molecule has 0 bridgehead atoms. The molecule has 0 aliphatic rings. The molecule has 11 nitrogen and oxygen atoms in total. The molecule has 0 aliphatic carbocycles. The Labute approximate surface area is 160 Å². The number of methoxy groups -OCH3 is 2. The van der Waals surface area contributed by atoms with E-state index in [2.05, 4.69) is 20.8 Å². The monoisotopic (exact) mass is 394 g/mol. The Bertz CT molecular complexity index is 822. The highest BCUT2D eigenvalue weighted by molar-refractivity contribution is 5.82. The number of rotatable bonds is 9. The smallest absolute Gasteiger partial charge is 0.328 e. The van der Waals surface area contributed by atoms with Crippen LogP contribution in [0.2, 0.25) is 0 Å². The highest BCUT2D eigenvalue weighted by atomic mass is 16.5. The van der Waals surface area contributed by atoms with Crippen molar-refractivity contribution < 1.29 is 33.8 Å². The summed E-state index contributed by atoms with van der Waals surface area (Å²) in [6.07, 6.45) is -0.935. The van der Waals surface area contributed by atoms with Crippen LogP contribution < -0.4 is 20.1 Å². The Morgan fingerprint density at radius 2 is 2.04 bits per heavy atom. The average Bonchev–Trinajstić information content (AvgIpc) is 3.11. The molecule has 2 aromatic rings. The summed E-state index contributed by atoms with van der Waals surface area (Å²) in [7, 11) is 3.07. The number of carbonyl (C=O) groups excluding carboxylic acids is 1. The van der Waals surface area contributed by atoms with E-state index in [1.807, 2.05) is 12.1 Å². The highest BCUT2D eigenvalue weighted by Crippen LogP contribution is 2.31. The van der Waals surface area contributed by atoms with Crippen molar-refractivity contribution in [1.82, 2.24) is 20.8 Å². The van der Waals surface area contributed by atoms with Gasteiger partial charge in [0.25, 0.3) is 0 Å². The number of aliphatic hydroxyl groups excluding tert-OH is 1. The van der Waals surface area contributed by atoms with Gasteiger partial charge in [-0.2, -0.15) is 4.98 Å². The van der Waals surface area contributed by atoms with Gasteiger partial charge < -0.3 is 34.8 Å². The lowest BCUT2D eigenvalue weighted by Gasteiger charge is -2.16. The van der Waals surface area contributed by atoms with E-state index in [-0.39, 0.29) is 12.4 Å². The zero-order chi connectivity index (χ0) is 20.7. The molecule has 0 saturated carbocycles. The first kappa shape index (κ1) is 21.0. The normalized spacial score (nSPS) is 12.7. The lowest BCUT2D eigenvalue weighted by Crippen LogP contribution is -2.51. The summed E-state index contributed by atoms with van der Waals surface area (Å²) in [4.78, 5) is 26.9. The highest BCUT2D eigenvalue weighted by Gasteiger charge is 2.25. The summed E-state index contributed by atoms with van der Waals surface area (Å²) in [5, 5.41) is 26.7. The van der Waals surface area contributed by atoms with Crippen molar-refractivity contribution in [3.8, 4) is 11.5 Å². The van der Waals surface area contributed by atoms with Gasteiger partial charge in [0.1, 0.15) is 0 Å². The van der Waals surface area contributed by atoms with Crippen molar-refractivity contribution >= 4 is 12.0 Å². The van der Waals surface area contributed by atoms with Crippen molar-refractivity contribution in [2.45, 2.75) is 32.0 Å². The van der Waals surface area contributed by atoms with Crippen LogP contribution in [0, 0.1) is 0 Å². The van der Waals surface area contributed by atoms with Crippen molar-refractivity contribution in [3.05, 3.63) is 35.5 Å². The fourth-order valence-electron chi connectivity index (χ4n) is 2.43. The lowest BCUT2D eigenvalue weighted by atomic mass is 10.1. The molecule has 0 radical (unpaired) electrons. The van der Waals surface area contributed by atoms with Gasteiger partial charge in [-0.1, -0.05) is 17.3 Å². The van der Waals surface area contributed by atoms with Gasteiger partial charge in [-0.15, -0.1) is 0 Å². The Balaban J connectivity index is 1.96. The van der Waals surface area contributed by atoms with Crippen LogP contribution in [0.25, 0.3) is 0 Å². The van der Waals surface area contributed by atoms with Crippen LogP contribution in [0.3, 0.4) is 0 Å². The molecule has 2 unspecified atom stereocenters. The first-order valence-corrected chi connectivity index (χ1v) is 8.32. The number of aromatic nitrogens is 2. The number of hydrogen-bond donors (Lipinski definition) is 4. The minimum atomic E-state index is -1.43. The Kier molecular flexibility index (Phi) is 7.15. The number of benzene rings is 1. The quantitative estimate of drug-likeness (QED) is 0.470. The number of nitrogens with one attached hydrogen (secondary N) is 2. The lowest BCUT2D eigenvalue weighted by molar-refractivity contribution is -0.141. The Morgan fingerprint density at radius 3 is 2.64 bits per heavy atom. The third-order valence-corrected chi connectivity index (χ3v) is 3.78. The van der Waals surface area contributed by atoms with Gasteiger partial charge >= 0.3 is 12.0 Å². The molecule has 4 N–H and O–H groups in total. The number of carboxylic acids is 1. The SMILES string of the molecule is COc1cccc(Cc2noc(CNC(=O)NC(C(=O)O)C(C)O)n2)c1OC. The summed E-state index contributed by atoms with van der Waals surface area (Å²) >= 11 is 0. The predicted molar refractivity (Wildman–Crippen MR) is 95.1 cm³/mol. The molecule has 28 heavy (non-hydrogen) atoms. The van der Waals surface area contributed by atoms with Crippen LogP contribution in [-0.4, -0.2) is 58.7 Å². The van der Waals surface area contributed by atoms with E-state index in [1.165, 1.54) is 21.1 Å². The first-order chi connectivity index (χ1) is 13.3. The van der Waals surface area contributed by atoms with Gasteiger partial charge in [0, 0.05) is 12.0 Å². The number of ether oxygens (including phenoxy) is 2. The summed E-state index contributed by atoms with van der Waals surface area (Å²) in [6.45, 7) is 1.15. The standard InChI is InChI=1S/C17H22N4O7/c1-9(22)14(16(23)24)20-17(25)18-8-13-19-12(21-28-13)7-10-5-4-6-11(26-2)15(10)27-3/h4-6,9,14,22H,7-8H2,1-3H3,(H,23,24)(H2,18,20,25). The topological polar surface area (TPSA) is 156 Å². The van der Waals surface area contributed by atoms with Gasteiger partial charge in [-0.05, 0) is 13.0 Å². The molecular formula is C17H22N4O7. The maximum absolute atomic E-state index is 11.8. The van der Waals surface area contributed by atoms with Crippen molar-refractivity contribution in [1.29, 1.82) is 0 Å². The number of hydrogen-bond acceptors (Lipinski definition) is 8. The molecule has 0 aliphatic heterocycles. The van der Waals surface area contributed by atoms with Gasteiger partial charge in [0.2, 0.25) is 5.89 Å². The third-order valence-electron chi connectivity index (χ3n) is 3.78. The van der Waals surface area contributed by atoms with Crippen LogP contribution >= 0.6 is 0 Å². The minimum absolute atomic E-state index is 0.111. The maximum atomic E-state index is 11.8. The Morgan fingerprint density at radius 1 is 1.29 bits per heavy atom. The molecule has 2 amide bonds. The van der Waals surface area contributed by atoms with Crippen LogP contribution in [0.4, 0.5) is 4.79 Å². The zero-order valence-electron chi connectivity index (χ0n) is 15.6. The van der Waals surface area contributed by atoms with Gasteiger partial charge in [-0.25, -0.2) is 9.59 Å². The second-order valence-corrected chi connectivity index (χ2v) is 5.82. The number of nitrogens with zero attached hydrogens (tertiary/aromatic N) is 2. The summed E-state index contributed by atoms with van der Waals surface area (Å²) in [5.74, 6) is 0.296. The number of amides is 2. The van der Waals surface area contributed by atoms with Crippen molar-refractivity contribution in [2.75, 3.05) is 14.2 Å². The van der Waals surface area contributed by atoms with E-state index in [4.69, 9.17) is 19.1 Å². The van der Waals surface area contributed by atoms with Crippen LogP contribution in [-0.2, 0) is 17.8 Å². The Hall–Kier alpha value is -3.34. The largest absolute Gasteiger partial charge is 0.493 e. The van der Waals surface area contributed by atoms with E-state index >= 15 is 0 Å². The molecule has 1 aromatic carbocycles. The molecular weight excluding hydrogens is 372 g/mol. The molecule has 152 valence electrons. The summed E-state index contributed by atoms with van der Waals surface area (Å²) in [6, 6.07) is 3.20. The molecule has 1 aromatic heterocycles. The first-order valence-electron chi connectivity index (χ1n) is 8.32. The van der Waals surface area contributed by atoms with E-state index < -0.39 is 24.1 Å². The van der Waals surface area contributed by atoms with Crippen LogP contribution in [0.1, 0.15) is 24.2 Å². The molecule has 0 spiro atoms. The molecule has 0 fully saturated rings. The summed E-state index contributed by atoms with van der Waals surface area (Å²) < 4.78 is 15.7. The van der Waals surface area contributed by atoms with Crippen LogP contribution in [0.5, 0.6) is 11.5 Å². The van der Waals surface area contributed by atoms with Crippen molar-refractivity contribution in [3.63, 3.8) is 0 Å². The maximum Gasteiger partial charge on any atom is 0.328 e. The van der Waals surface area contributed by atoms with E-state index in [1.54, 1.807) is 6.07 Å². The fraction of sp³-hybridized carbons (Fsp3) is 0.412. The zero-order valence-corrected chi connectivity index (χ0v) is 15.6. The average molecular weight is 394 g/mol. The van der Waals surface area contributed by atoms with E-state index in [9.17, 15) is 14.7 Å². The van der Waals surface area contributed by atoms with E-state index in [0.29, 0.717) is 23.7 Å². The number of para-hydroxylation sites is 1. The minimum Gasteiger partial charge on any atom is -0.493 e.